The number of nitrogens with zero attached hydrogens (tertiary/aromatic N) is 1. The zero-order valence-electron chi connectivity index (χ0n) is 22.6. The lowest BCUT2D eigenvalue weighted by molar-refractivity contribution is -0.126. The molecule has 0 atom stereocenters. The van der Waals surface area contributed by atoms with E-state index in [4.69, 9.17) is 15.0 Å². The number of rotatable bonds is 10. The normalized spacial score (nSPS) is 15.0. The lowest BCUT2D eigenvalue weighted by Crippen LogP contribution is -2.38. The van der Waals surface area contributed by atoms with Gasteiger partial charge in [0.25, 0.3) is 0 Å². The van der Waals surface area contributed by atoms with E-state index in [0.717, 1.165) is 42.9 Å². The van der Waals surface area contributed by atoms with Crippen LogP contribution in [-0.2, 0) is 16.4 Å². The van der Waals surface area contributed by atoms with Crippen LogP contribution in [0.2, 0.25) is 0 Å². The summed E-state index contributed by atoms with van der Waals surface area (Å²) in [5.74, 6) is 5.94. The van der Waals surface area contributed by atoms with Crippen LogP contribution >= 0.6 is 11.3 Å². The molecule has 0 unspecified atom stereocenters. The number of fused-ring (bicyclic) bond motifs is 1. The molecule has 0 radical (unpaired) electrons. The molecule has 5 N–H and O–H groups in total. The van der Waals surface area contributed by atoms with Gasteiger partial charge in [0.1, 0.15) is 12.4 Å². The number of aliphatic hydroxyl groups excluding tert-OH is 1. The molecule has 0 aliphatic carbocycles. The zero-order chi connectivity index (χ0) is 29.6. The first kappa shape index (κ1) is 30.9. The van der Waals surface area contributed by atoms with Gasteiger partial charge in [0, 0.05) is 25.2 Å². The molecule has 4 rings (SSSR count). The second-order valence-electron chi connectivity index (χ2n) is 9.67. The summed E-state index contributed by atoms with van der Waals surface area (Å²) < 4.78 is 70.3. The summed E-state index contributed by atoms with van der Waals surface area (Å²) in [6.07, 6.45) is -3.56. The van der Waals surface area contributed by atoms with Gasteiger partial charge in [0.2, 0.25) is 10.0 Å². The van der Waals surface area contributed by atoms with Gasteiger partial charge in [-0.25, -0.2) is 13.6 Å². The van der Waals surface area contributed by atoms with Gasteiger partial charge in [0.15, 0.2) is 0 Å². The number of piperidine rings is 1. The summed E-state index contributed by atoms with van der Waals surface area (Å²) in [6, 6.07) is 9.61. The third kappa shape index (κ3) is 8.27. The van der Waals surface area contributed by atoms with Crippen LogP contribution in [0.3, 0.4) is 0 Å². The molecule has 1 saturated heterocycles. The number of hydrogen-bond acceptors (Lipinski definition) is 8. The number of anilines is 2. The minimum absolute atomic E-state index is 0.0466. The molecule has 1 aliphatic rings. The molecule has 1 fully saturated rings. The molecular weight excluding hydrogens is 577 g/mol. The van der Waals surface area contributed by atoms with E-state index in [0.29, 0.717) is 16.0 Å². The third-order valence-electron chi connectivity index (χ3n) is 6.79. The molecule has 13 heteroatoms. The Bertz CT molecular complexity index is 1520. The van der Waals surface area contributed by atoms with Crippen LogP contribution < -0.4 is 20.5 Å². The van der Waals surface area contributed by atoms with Crippen molar-refractivity contribution in [2.45, 2.75) is 43.3 Å². The molecule has 3 aromatic rings. The molecule has 0 bridgehead atoms. The standard InChI is InChI=1S/C28H33F3N4O4S2/c1-2-35-13-10-19(11-14-35)34-24-6-3-5-21-22(18-28(29,30)31)26(40-27(21)24)7-4-12-33-23-9-8-20(41(32,37)38)17-25(23)39-16-15-36/h3,5-6,8-9,17,19,33-34,36H,2,10-16,18H2,1H3,(H2,32,37,38). The molecule has 8 nitrogen and oxygen atoms in total. The molecule has 0 saturated carbocycles. The van der Waals surface area contributed by atoms with Crippen molar-refractivity contribution in [1.82, 2.24) is 4.90 Å². The highest BCUT2D eigenvalue weighted by molar-refractivity contribution is 7.89. The first-order valence-electron chi connectivity index (χ1n) is 13.2. The van der Waals surface area contributed by atoms with Crippen molar-refractivity contribution < 1.29 is 31.4 Å². The number of hydrogen-bond donors (Lipinski definition) is 4. The van der Waals surface area contributed by atoms with Gasteiger partial charge in [-0.3, -0.25) is 0 Å². The van der Waals surface area contributed by atoms with Crippen molar-refractivity contribution in [2.75, 3.05) is 50.0 Å². The maximum atomic E-state index is 13.6. The summed E-state index contributed by atoms with van der Waals surface area (Å²) in [5, 5.41) is 21.4. The summed E-state index contributed by atoms with van der Waals surface area (Å²) in [4.78, 5) is 2.56. The number of thiophene rings is 1. The summed E-state index contributed by atoms with van der Waals surface area (Å²) >= 11 is 1.24. The Balaban J connectivity index is 1.58. The fourth-order valence-electron chi connectivity index (χ4n) is 4.74. The van der Waals surface area contributed by atoms with Crippen LogP contribution in [-0.4, -0.2) is 70.0 Å². The highest BCUT2D eigenvalue weighted by atomic mass is 32.2. The molecular formula is C28H33F3N4O4S2. The van der Waals surface area contributed by atoms with Crippen LogP contribution in [0.5, 0.6) is 5.75 Å². The van der Waals surface area contributed by atoms with Crippen LogP contribution in [0.4, 0.5) is 24.5 Å². The second kappa shape index (κ2) is 13.3. The first-order valence-corrected chi connectivity index (χ1v) is 15.6. The Labute approximate surface area is 241 Å². The Morgan fingerprint density at radius 3 is 2.61 bits per heavy atom. The monoisotopic (exact) mass is 610 g/mol. The van der Waals surface area contributed by atoms with Gasteiger partial charge in [-0.1, -0.05) is 30.9 Å². The van der Waals surface area contributed by atoms with Crippen molar-refractivity contribution in [3.05, 3.63) is 46.8 Å². The van der Waals surface area contributed by atoms with E-state index < -0.39 is 22.6 Å². The molecule has 41 heavy (non-hydrogen) atoms. The van der Waals surface area contributed by atoms with Crippen molar-refractivity contribution in [3.63, 3.8) is 0 Å². The number of ether oxygens (including phenoxy) is 1. The third-order valence-corrected chi connectivity index (χ3v) is 8.90. The Morgan fingerprint density at radius 1 is 1.20 bits per heavy atom. The van der Waals surface area contributed by atoms with E-state index in [2.05, 4.69) is 34.3 Å². The second-order valence-corrected chi connectivity index (χ2v) is 12.2. The van der Waals surface area contributed by atoms with Crippen LogP contribution in [0, 0.1) is 11.8 Å². The largest absolute Gasteiger partial charge is 0.489 e. The van der Waals surface area contributed by atoms with Crippen molar-refractivity contribution in [3.8, 4) is 17.6 Å². The van der Waals surface area contributed by atoms with Crippen molar-refractivity contribution in [1.29, 1.82) is 0 Å². The topological polar surface area (TPSA) is 117 Å². The highest BCUT2D eigenvalue weighted by Gasteiger charge is 2.31. The molecule has 1 aromatic heterocycles. The van der Waals surface area contributed by atoms with E-state index in [1.165, 1.54) is 29.5 Å². The minimum atomic E-state index is -4.40. The summed E-state index contributed by atoms with van der Waals surface area (Å²) in [7, 11) is -3.97. The van der Waals surface area contributed by atoms with Gasteiger partial charge in [0.05, 0.1) is 45.4 Å². The molecule has 2 heterocycles. The van der Waals surface area contributed by atoms with E-state index >= 15 is 0 Å². The van der Waals surface area contributed by atoms with Gasteiger partial charge in [-0.15, -0.1) is 11.3 Å². The van der Waals surface area contributed by atoms with Crippen LogP contribution in [0.1, 0.15) is 30.2 Å². The first-order chi connectivity index (χ1) is 19.5. The predicted molar refractivity (Wildman–Crippen MR) is 156 cm³/mol. The van der Waals surface area contributed by atoms with E-state index in [1.807, 2.05) is 6.07 Å². The highest BCUT2D eigenvalue weighted by Crippen LogP contribution is 2.39. The van der Waals surface area contributed by atoms with E-state index in [-0.39, 0.29) is 42.0 Å². The molecule has 222 valence electrons. The maximum absolute atomic E-state index is 13.6. The van der Waals surface area contributed by atoms with E-state index in [1.54, 1.807) is 12.1 Å². The van der Waals surface area contributed by atoms with Gasteiger partial charge >= 0.3 is 6.18 Å². The number of sulfonamides is 1. The summed E-state index contributed by atoms with van der Waals surface area (Å²) in [5.41, 5.74) is 1.37. The number of nitrogens with two attached hydrogens (primary N) is 1. The van der Waals surface area contributed by atoms with Crippen molar-refractivity contribution in [2.24, 2.45) is 5.14 Å². The average molecular weight is 611 g/mol. The Hall–Kier alpha value is -3.02. The number of aliphatic hydroxyl groups is 1. The molecule has 0 amide bonds. The number of halogens is 3. The Kier molecular flexibility index (Phi) is 10.0. The number of primary sulfonamides is 1. The Morgan fingerprint density at radius 2 is 1.95 bits per heavy atom. The van der Waals surface area contributed by atoms with Gasteiger partial charge < -0.3 is 25.4 Å². The quantitative estimate of drug-likeness (QED) is 0.252. The number of benzene rings is 2. The average Bonchev–Trinajstić information content (AvgIpc) is 3.26. The lowest BCUT2D eigenvalue weighted by atomic mass is 10.0. The summed E-state index contributed by atoms with van der Waals surface area (Å²) in [6.45, 7) is 4.78. The number of nitrogens with one attached hydrogen (secondary N) is 2. The minimum Gasteiger partial charge on any atom is -0.489 e. The van der Waals surface area contributed by atoms with Gasteiger partial charge in [-0.2, -0.15) is 13.2 Å². The van der Waals surface area contributed by atoms with Crippen molar-refractivity contribution >= 4 is 42.8 Å². The fourth-order valence-corrected chi connectivity index (χ4v) is 6.44. The zero-order valence-corrected chi connectivity index (χ0v) is 24.2. The fraction of sp³-hybridized carbons (Fsp3) is 0.429. The number of likely N-dealkylation sites (tertiary alicyclic amines) is 1. The predicted octanol–water partition coefficient (Wildman–Crippen LogP) is 4.38. The molecule has 1 aliphatic heterocycles. The lowest BCUT2D eigenvalue weighted by Gasteiger charge is -2.32. The number of alkyl halides is 3. The van der Waals surface area contributed by atoms with Crippen LogP contribution in [0.15, 0.2) is 41.3 Å². The SMILES string of the molecule is CCN1CCC(Nc2cccc3c(CC(F)(F)F)c(C#CCNc4ccc(S(N)(=O)=O)cc4OCCO)sc23)CC1. The maximum Gasteiger partial charge on any atom is 0.393 e. The van der Waals surface area contributed by atoms with E-state index in [9.17, 15) is 21.6 Å². The van der Waals surface area contributed by atoms with Crippen LogP contribution in [0.25, 0.3) is 10.1 Å². The smallest absolute Gasteiger partial charge is 0.393 e. The molecule has 2 aromatic carbocycles. The molecule has 0 spiro atoms. The van der Waals surface area contributed by atoms with Gasteiger partial charge in [-0.05, 0) is 48.5 Å².